The van der Waals surface area contributed by atoms with Gasteiger partial charge in [0.1, 0.15) is 6.26 Å². The second kappa shape index (κ2) is 5.44. The van der Waals surface area contributed by atoms with Crippen molar-refractivity contribution in [1.29, 1.82) is 0 Å². The molecule has 0 saturated heterocycles. The maximum Gasteiger partial charge on any atom is 0.294 e. The minimum absolute atomic E-state index is 0.0255. The molecule has 0 radical (unpaired) electrons. The molecular weight excluding hydrogens is 270 g/mol. The van der Waals surface area contributed by atoms with E-state index >= 15 is 0 Å². The summed E-state index contributed by atoms with van der Waals surface area (Å²) in [4.78, 5) is 26.0. The van der Waals surface area contributed by atoms with Crippen LogP contribution < -0.4 is 15.1 Å². The highest BCUT2D eigenvalue weighted by Crippen LogP contribution is 2.28. The van der Waals surface area contributed by atoms with Gasteiger partial charge in [-0.3, -0.25) is 9.59 Å². The van der Waals surface area contributed by atoms with Crippen LogP contribution in [-0.2, 0) is 6.42 Å². The van der Waals surface area contributed by atoms with Crippen LogP contribution in [0, 0.1) is 0 Å². The van der Waals surface area contributed by atoms with E-state index in [9.17, 15) is 9.59 Å². The number of nitrogens with zero attached hydrogens (tertiary/aromatic N) is 1. The Bertz CT molecular complexity index is 735. The molecule has 1 aromatic heterocycles. The molecule has 0 spiro atoms. The van der Waals surface area contributed by atoms with E-state index in [1.54, 1.807) is 4.90 Å². The van der Waals surface area contributed by atoms with Crippen molar-refractivity contribution in [2.24, 2.45) is 0 Å². The first-order valence-corrected chi connectivity index (χ1v) is 6.77. The molecule has 0 atom stereocenters. The minimum Gasteiger partial charge on any atom is -0.490 e. The van der Waals surface area contributed by atoms with Crippen molar-refractivity contribution in [2.75, 3.05) is 18.6 Å². The smallest absolute Gasteiger partial charge is 0.294 e. The molecule has 0 N–H and O–H groups in total. The van der Waals surface area contributed by atoms with Gasteiger partial charge in [0.05, 0.1) is 7.11 Å². The Labute approximate surface area is 121 Å². The van der Waals surface area contributed by atoms with Crippen LogP contribution in [0.2, 0.25) is 0 Å². The van der Waals surface area contributed by atoms with E-state index in [0.717, 1.165) is 24.1 Å². The summed E-state index contributed by atoms with van der Waals surface area (Å²) >= 11 is 0. The molecule has 1 aliphatic heterocycles. The van der Waals surface area contributed by atoms with Crippen molar-refractivity contribution < 1.29 is 13.9 Å². The number of fused-ring (bicyclic) bond motifs is 1. The first-order chi connectivity index (χ1) is 10.2. The van der Waals surface area contributed by atoms with E-state index in [0.29, 0.717) is 6.54 Å². The van der Waals surface area contributed by atoms with Crippen LogP contribution in [0.1, 0.15) is 22.5 Å². The Morgan fingerprint density at radius 1 is 1.33 bits per heavy atom. The molecule has 2 aromatic rings. The zero-order valence-corrected chi connectivity index (χ0v) is 11.7. The predicted molar refractivity (Wildman–Crippen MR) is 78.0 cm³/mol. The van der Waals surface area contributed by atoms with Gasteiger partial charge in [-0.25, -0.2) is 0 Å². The summed E-state index contributed by atoms with van der Waals surface area (Å²) < 4.78 is 10.1. The number of hydrogen-bond donors (Lipinski definition) is 0. The molecular formula is C16H15NO4. The normalized spacial score (nSPS) is 13.7. The van der Waals surface area contributed by atoms with Gasteiger partial charge in [0.25, 0.3) is 5.91 Å². The largest absolute Gasteiger partial charge is 0.490 e. The summed E-state index contributed by atoms with van der Waals surface area (Å²) in [6.45, 7) is 0.617. The maximum atomic E-state index is 12.6. The highest BCUT2D eigenvalue weighted by atomic mass is 16.5. The second-order valence-corrected chi connectivity index (χ2v) is 4.87. The predicted octanol–water partition coefficient (Wildman–Crippen LogP) is 2.24. The summed E-state index contributed by atoms with van der Waals surface area (Å²) in [6, 6.07) is 8.96. The minimum atomic E-state index is -0.364. The van der Waals surface area contributed by atoms with Crippen molar-refractivity contribution in [2.45, 2.75) is 12.8 Å². The van der Waals surface area contributed by atoms with Gasteiger partial charge in [0, 0.05) is 18.3 Å². The molecule has 2 heterocycles. The fraction of sp³-hybridized carbons (Fsp3) is 0.250. The highest BCUT2D eigenvalue weighted by molar-refractivity contribution is 6.04. The quantitative estimate of drug-likeness (QED) is 0.849. The van der Waals surface area contributed by atoms with Crippen LogP contribution in [0.3, 0.4) is 0 Å². The van der Waals surface area contributed by atoms with E-state index < -0.39 is 0 Å². The number of anilines is 1. The lowest BCUT2D eigenvalue weighted by atomic mass is 10.0. The van der Waals surface area contributed by atoms with Crippen LogP contribution in [0.5, 0.6) is 5.75 Å². The molecule has 5 nitrogen and oxygen atoms in total. The van der Waals surface area contributed by atoms with Crippen molar-refractivity contribution in [3.63, 3.8) is 0 Å². The van der Waals surface area contributed by atoms with Crippen LogP contribution in [0.15, 0.2) is 45.8 Å². The lowest BCUT2D eigenvalue weighted by Crippen LogP contribution is -2.35. The molecule has 1 aliphatic rings. The summed E-state index contributed by atoms with van der Waals surface area (Å²) in [5, 5.41) is 0. The highest BCUT2D eigenvalue weighted by Gasteiger charge is 2.25. The molecule has 3 rings (SSSR count). The van der Waals surface area contributed by atoms with Gasteiger partial charge in [-0.2, -0.15) is 0 Å². The maximum absolute atomic E-state index is 12.6. The number of methoxy groups -OCH3 is 1. The summed E-state index contributed by atoms with van der Waals surface area (Å²) in [5.74, 6) is -0.190. The van der Waals surface area contributed by atoms with Crippen molar-refractivity contribution in [3.8, 4) is 5.75 Å². The topological polar surface area (TPSA) is 59.8 Å². The molecule has 0 bridgehead atoms. The van der Waals surface area contributed by atoms with Crippen LogP contribution in [0.25, 0.3) is 0 Å². The Morgan fingerprint density at radius 3 is 2.90 bits per heavy atom. The number of ether oxygens (including phenoxy) is 1. The first kappa shape index (κ1) is 13.4. The number of benzene rings is 1. The number of hydrogen-bond acceptors (Lipinski definition) is 4. The monoisotopic (exact) mass is 285 g/mol. The van der Waals surface area contributed by atoms with E-state index in [1.807, 2.05) is 24.3 Å². The number of rotatable bonds is 2. The molecule has 5 heteroatoms. The van der Waals surface area contributed by atoms with Gasteiger partial charge in [0.2, 0.25) is 11.2 Å². The summed E-state index contributed by atoms with van der Waals surface area (Å²) in [5.41, 5.74) is 1.65. The summed E-state index contributed by atoms with van der Waals surface area (Å²) in [6.07, 6.45) is 3.01. The van der Waals surface area contributed by atoms with Crippen LogP contribution in [0.4, 0.5) is 5.69 Å². The van der Waals surface area contributed by atoms with E-state index in [-0.39, 0.29) is 22.8 Å². The second-order valence-electron chi connectivity index (χ2n) is 4.87. The molecule has 0 saturated carbocycles. The summed E-state index contributed by atoms with van der Waals surface area (Å²) in [7, 11) is 1.38. The Kier molecular flexibility index (Phi) is 3.48. The van der Waals surface area contributed by atoms with E-state index in [4.69, 9.17) is 9.15 Å². The van der Waals surface area contributed by atoms with Crippen LogP contribution in [-0.4, -0.2) is 19.6 Å². The molecule has 0 unspecified atom stereocenters. The third-order valence-corrected chi connectivity index (χ3v) is 3.58. The first-order valence-electron chi connectivity index (χ1n) is 6.77. The van der Waals surface area contributed by atoms with Gasteiger partial charge in [-0.05, 0) is 24.5 Å². The van der Waals surface area contributed by atoms with Crippen molar-refractivity contribution in [3.05, 3.63) is 58.1 Å². The average molecular weight is 285 g/mol. The van der Waals surface area contributed by atoms with Gasteiger partial charge in [0.15, 0.2) is 5.76 Å². The van der Waals surface area contributed by atoms with Gasteiger partial charge in [-0.1, -0.05) is 18.2 Å². The van der Waals surface area contributed by atoms with Gasteiger partial charge < -0.3 is 14.1 Å². The number of carbonyl (C=O) groups is 1. The van der Waals surface area contributed by atoms with Crippen LogP contribution >= 0.6 is 0 Å². The molecule has 21 heavy (non-hydrogen) atoms. The van der Waals surface area contributed by atoms with Crippen molar-refractivity contribution >= 4 is 11.6 Å². The zero-order chi connectivity index (χ0) is 14.8. The Balaban J connectivity index is 1.96. The average Bonchev–Trinajstić information content (AvgIpc) is 2.53. The van der Waals surface area contributed by atoms with E-state index in [2.05, 4.69) is 0 Å². The van der Waals surface area contributed by atoms with Gasteiger partial charge >= 0.3 is 0 Å². The number of para-hydroxylation sites is 1. The van der Waals surface area contributed by atoms with Gasteiger partial charge in [-0.15, -0.1) is 0 Å². The standard InChI is InChI=1S/C16H15NO4/c1-20-15-10-21-14(9-13(15)18)16(19)17-8-4-6-11-5-2-3-7-12(11)17/h2-3,5,7,9-10H,4,6,8H2,1H3. The Hall–Kier alpha value is -2.56. The lowest BCUT2D eigenvalue weighted by Gasteiger charge is -2.28. The molecule has 0 aliphatic carbocycles. The number of amides is 1. The fourth-order valence-electron chi connectivity index (χ4n) is 2.54. The SMILES string of the molecule is COc1coc(C(=O)N2CCCc3ccccc32)cc1=O. The third kappa shape index (κ3) is 2.42. The fourth-order valence-corrected chi connectivity index (χ4v) is 2.54. The number of aryl methyl sites for hydroxylation is 1. The van der Waals surface area contributed by atoms with E-state index in [1.165, 1.54) is 19.4 Å². The molecule has 0 fully saturated rings. The van der Waals surface area contributed by atoms with Crippen molar-refractivity contribution in [1.82, 2.24) is 0 Å². The molecule has 1 amide bonds. The lowest BCUT2D eigenvalue weighted by molar-refractivity contribution is 0.0955. The number of carbonyl (C=O) groups excluding carboxylic acids is 1. The Morgan fingerprint density at radius 2 is 2.14 bits per heavy atom. The zero-order valence-electron chi connectivity index (χ0n) is 11.7. The molecule has 1 aromatic carbocycles. The third-order valence-electron chi connectivity index (χ3n) is 3.58. The molecule has 108 valence electrons.